The molecule has 2 aliphatic heterocycles. The van der Waals surface area contributed by atoms with E-state index in [1.54, 1.807) is 17.5 Å². The molecular weight excluding hydrogens is 282 g/mol. The van der Waals surface area contributed by atoms with Crippen molar-refractivity contribution >= 4 is 17.2 Å². The summed E-state index contributed by atoms with van der Waals surface area (Å²) in [5.41, 5.74) is 0.478. The molecule has 1 aromatic heterocycles. The van der Waals surface area contributed by atoms with Crippen LogP contribution in [0, 0.1) is 5.41 Å². The lowest BCUT2D eigenvalue weighted by Gasteiger charge is -2.38. The van der Waals surface area contributed by atoms with Gasteiger partial charge in [0.05, 0.1) is 11.2 Å². The zero-order valence-electron chi connectivity index (χ0n) is 13.2. The van der Waals surface area contributed by atoms with Gasteiger partial charge in [0.15, 0.2) is 0 Å². The van der Waals surface area contributed by atoms with Crippen LogP contribution in [0.1, 0.15) is 54.7 Å². The van der Waals surface area contributed by atoms with Crippen LogP contribution >= 0.6 is 11.3 Å². The molecule has 21 heavy (non-hydrogen) atoms. The minimum atomic E-state index is 0.0185. The van der Waals surface area contributed by atoms with Crippen molar-refractivity contribution in [3.8, 4) is 0 Å². The van der Waals surface area contributed by atoms with Crippen molar-refractivity contribution in [1.29, 1.82) is 0 Å². The first-order chi connectivity index (χ1) is 9.90. The first kappa shape index (κ1) is 15.0. The van der Waals surface area contributed by atoms with Gasteiger partial charge in [0.1, 0.15) is 4.88 Å². The molecule has 0 unspecified atom stereocenters. The quantitative estimate of drug-likeness (QED) is 0.867. The van der Waals surface area contributed by atoms with E-state index in [-0.39, 0.29) is 11.3 Å². The van der Waals surface area contributed by atoms with E-state index in [2.05, 4.69) is 31.1 Å². The van der Waals surface area contributed by atoms with Crippen LogP contribution in [0.5, 0.6) is 0 Å². The Bertz CT molecular complexity index is 516. The van der Waals surface area contributed by atoms with Crippen LogP contribution < -0.4 is 5.32 Å². The number of hydrogen-bond donors (Lipinski definition) is 1. The first-order valence-corrected chi connectivity index (χ1v) is 8.68. The molecule has 0 aliphatic carbocycles. The first-order valence-electron chi connectivity index (χ1n) is 7.86. The standard InChI is InChI=1S/C16H25N3OS/c1-15(2,3)14-18-10-12(21-14)13(20)19-8-5-16(6-9-19)4-7-17-11-16/h10,17H,4-9,11H2,1-3H3. The number of carbonyl (C=O) groups is 1. The van der Waals surface area contributed by atoms with Gasteiger partial charge in [-0.1, -0.05) is 20.8 Å². The van der Waals surface area contributed by atoms with Crippen molar-refractivity contribution in [3.63, 3.8) is 0 Å². The van der Waals surface area contributed by atoms with E-state index in [0.717, 1.165) is 48.9 Å². The van der Waals surface area contributed by atoms with Crippen molar-refractivity contribution in [3.05, 3.63) is 16.1 Å². The summed E-state index contributed by atoms with van der Waals surface area (Å²) in [6.45, 7) is 10.5. The molecular formula is C16H25N3OS. The molecule has 0 atom stereocenters. The predicted molar refractivity (Wildman–Crippen MR) is 85.9 cm³/mol. The summed E-state index contributed by atoms with van der Waals surface area (Å²) in [6.07, 6.45) is 5.30. The number of carbonyl (C=O) groups excluding carboxylic acids is 1. The molecule has 4 nitrogen and oxygen atoms in total. The van der Waals surface area contributed by atoms with Crippen molar-refractivity contribution in [2.45, 2.75) is 45.4 Å². The molecule has 2 fully saturated rings. The molecule has 2 saturated heterocycles. The van der Waals surface area contributed by atoms with Crippen molar-refractivity contribution in [2.75, 3.05) is 26.2 Å². The number of thiazole rings is 1. The van der Waals surface area contributed by atoms with Gasteiger partial charge in [0, 0.05) is 25.0 Å². The second-order valence-electron chi connectivity index (χ2n) is 7.50. The van der Waals surface area contributed by atoms with Gasteiger partial charge in [-0.15, -0.1) is 11.3 Å². The molecule has 0 aromatic carbocycles. The second kappa shape index (κ2) is 5.36. The summed E-state index contributed by atoms with van der Waals surface area (Å²) in [6, 6.07) is 0. The van der Waals surface area contributed by atoms with E-state index in [9.17, 15) is 4.79 Å². The van der Waals surface area contributed by atoms with Gasteiger partial charge in [0.25, 0.3) is 5.91 Å². The number of hydrogen-bond acceptors (Lipinski definition) is 4. The Morgan fingerprint density at radius 1 is 1.33 bits per heavy atom. The largest absolute Gasteiger partial charge is 0.338 e. The molecule has 0 radical (unpaired) electrons. The van der Waals surface area contributed by atoms with Gasteiger partial charge >= 0.3 is 0 Å². The highest BCUT2D eigenvalue weighted by Crippen LogP contribution is 2.37. The number of rotatable bonds is 1. The SMILES string of the molecule is CC(C)(C)c1ncc(C(=O)N2CCC3(CCNC3)CC2)s1. The van der Waals surface area contributed by atoms with Crippen LogP contribution in [-0.4, -0.2) is 42.0 Å². The van der Waals surface area contributed by atoms with Gasteiger partial charge in [0.2, 0.25) is 0 Å². The topological polar surface area (TPSA) is 45.2 Å². The lowest BCUT2D eigenvalue weighted by atomic mass is 9.78. The van der Waals surface area contributed by atoms with Gasteiger partial charge in [-0.05, 0) is 31.2 Å². The zero-order valence-corrected chi connectivity index (χ0v) is 14.1. The highest BCUT2D eigenvalue weighted by Gasteiger charge is 2.38. The molecule has 1 spiro atoms. The molecule has 1 aromatic rings. The van der Waals surface area contributed by atoms with E-state index in [0.29, 0.717) is 5.41 Å². The normalized spacial score (nSPS) is 22.0. The lowest BCUT2D eigenvalue weighted by Crippen LogP contribution is -2.43. The van der Waals surface area contributed by atoms with Crippen LogP contribution in [0.25, 0.3) is 0 Å². The zero-order chi connectivity index (χ0) is 15.1. The monoisotopic (exact) mass is 307 g/mol. The summed E-state index contributed by atoms with van der Waals surface area (Å²) < 4.78 is 0. The average molecular weight is 307 g/mol. The lowest BCUT2D eigenvalue weighted by molar-refractivity contribution is 0.0612. The van der Waals surface area contributed by atoms with E-state index in [4.69, 9.17) is 0 Å². The third-order valence-corrected chi connectivity index (χ3v) is 6.21. The number of nitrogens with one attached hydrogen (secondary N) is 1. The smallest absolute Gasteiger partial charge is 0.265 e. The van der Waals surface area contributed by atoms with Crippen molar-refractivity contribution in [2.24, 2.45) is 5.41 Å². The number of nitrogens with zero attached hydrogens (tertiary/aromatic N) is 2. The van der Waals surface area contributed by atoms with Gasteiger partial charge in [-0.2, -0.15) is 0 Å². The van der Waals surface area contributed by atoms with Crippen LogP contribution in [-0.2, 0) is 5.41 Å². The summed E-state index contributed by atoms with van der Waals surface area (Å²) in [5, 5.41) is 4.51. The fourth-order valence-electron chi connectivity index (χ4n) is 3.28. The van der Waals surface area contributed by atoms with Gasteiger partial charge in [-0.25, -0.2) is 4.98 Å². The van der Waals surface area contributed by atoms with Crippen molar-refractivity contribution in [1.82, 2.24) is 15.2 Å². The second-order valence-corrected chi connectivity index (χ2v) is 8.53. The van der Waals surface area contributed by atoms with E-state index in [1.807, 2.05) is 4.90 Å². The highest BCUT2D eigenvalue weighted by atomic mass is 32.1. The maximum atomic E-state index is 12.6. The average Bonchev–Trinajstić information content (AvgIpc) is 3.08. The minimum Gasteiger partial charge on any atom is -0.338 e. The van der Waals surface area contributed by atoms with Gasteiger partial charge in [-0.3, -0.25) is 4.79 Å². The molecule has 2 aliphatic rings. The fraction of sp³-hybridized carbons (Fsp3) is 0.750. The summed E-state index contributed by atoms with van der Waals surface area (Å²) >= 11 is 1.55. The molecule has 1 N–H and O–H groups in total. The maximum absolute atomic E-state index is 12.6. The molecule has 3 heterocycles. The van der Waals surface area contributed by atoms with Gasteiger partial charge < -0.3 is 10.2 Å². The molecule has 1 amide bonds. The molecule has 0 saturated carbocycles. The minimum absolute atomic E-state index is 0.0185. The molecule has 5 heteroatoms. The third-order valence-electron chi connectivity index (χ3n) is 4.80. The summed E-state index contributed by atoms with van der Waals surface area (Å²) in [5.74, 6) is 0.170. The fourth-order valence-corrected chi connectivity index (χ4v) is 4.22. The number of amides is 1. The number of aromatic nitrogens is 1. The van der Waals surface area contributed by atoms with Crippen LogP contribution in [0.2, 0.25) is 0 Å². The van der Waals surface area contributed by atoms with E-state index in [1.165, 1.54) is 6.42 Å². The number of piperidine rings is 1. The molecule has 0 bridgehead atoms. The maximum Gasteiger partial charge on any atom is 0.265 e. The molecule has 3 rings (SSSR count). The Balaban J connectivity index is 1.65. The summed E-state index contributed by atoms with van der Waals surface area (Å²) in [7, 11) is 0. The van der Waals surface area contributed by atoms with Crippen LogP contribution in [0.4, 0.5) is 0 Å². The Morgan fingerprint density at radius 3 is 2.57 bits per heavy atom. The Hall–Kier alpha value is -0.940. The third kappa shape index (κ3) is 2.99. The Morgan fingerprint density at radius 2 is 2.05 bits per heavy atom. The van der Waals surface area contributed by atoms with Crippen molar-refractivity contribution < 1.29 is 4.79 Å². The molecule has 116 valence electrons. The predicted octanol–water partition coefficient (Wildman–Crippen LogP) is 2.66. The Labute approximate surface area is 130 Å². The highest BCUT2D eigenvalue weighted by molar-refractivity contribution is 7.13. The Kier molecular flexibility index (Phi) is 3.82. The number of likely N-dealkylation sites (tertiary alicyclic amines) is 1. The van der Waals surface area contributed by atoms with E-state index >= 15 is 0 Å². The van der Waals surface area contributed by atoms with E-state index < -0.39 is 0 Å². The van der Waals surface area contributed by atoms with Crippen LogP contribution in [0.3, 0.4) is 0 Å². The van der Waals surface area contributed by atoms with Crippen LogP contribution in [0.15, 0.2) is 6.20 Å². The summed E-state index contributed by atoms with van der Waals surface area (Å²) in [4.78, 5) is 19.9.